The first kappa shape index (κ1) is 11.2. The molecule has 0 radical (unpaired) electrons. The molecule has 0 fully saturated rings. The van der Waals surface area contributed by atoms with Crippen LogP contribution in [-0.2, 0) is 6.42 Å². The molecular formula is C10H16BrNS. The van der Waals surface area contributed by atoms with Crippen molar-refractivity contribution in [1.29, 1.82) is 0 Å². The van der Waals surface area contributed by atoms with Gasteiger partial charge in [0.1, 0.15) is 0 Å². The fraction of sp³-hybridized carbons (Fsp3) is 0.700. The van der Waals surface area contributed by atoms with Crippen LogP contribution in [0.25, 0.3) is 0 Å². The van der Waals surface area contributed by atoms with Crippen LogP contribution in [0.3, 0.4) is 0 Å². The zero-order valence-corrected chi connectivity index (χ0v) is 10.5. The molecule has 0 bridgehead atoms. The topological polar surface area (TPSA) is 12.9 Å². The number of hydrogen-bond acceptors (Lipinski definition) is 2. The molecule has 1 aromatic rings. The molecule has 0 N–H and O–H groups in total. The Kier molecular flexibility index (Phi) is 5.63. The van der Waals surface area contributed by atoms with Crippen molar-refractivity contribution in [2.24, 2.45) is 0 Å². The predicted molar refractivity (Wildman–Crippen MR) is 62.3 cm³/mol. The van der Waals surface area contributed by atoms with Gasteiger partial charge in [-0.05, 0) is 28.8 Å². The Labute approximate surface area is 92.7 Å². The third-order valence-electron chi connectivity index (χ3n) is 2.06. The van der Waals surface area contributed by atoms with Gasteiger partial charge < -0.3 is 0 Å². The van der Waals surface area contributed by atoms with E-state index in [1.165, 1.54) is 37.8 Å². The second-order valence-electron chi connectivity index (χ2n) is 3.26. The van der Waals surface area contributed by atoms with Gasteiger partial charge in [-0.3, -0.25) is 0 Å². The van der Waals surface area contributed by atoms with Crippen LogP contribution < -0.4 is 0 Å². The summed E-state index contributed by atoms with van der Waals surface area (Å²) in [5.41, 5.74) is 1.24. The maximum absolute atomic E-state index is 4.36. The van der Waals surface area contributed by atoms with Crippen LogP contribution in [0.2, 0.25) is 0 Å². The zero-order chi connectivity index (χ0) is 9.52. The normalized spacial score (nSPS) is 10.6. The number of thiazole rings is 1. The van der Waals surface area contributed by atoms with E-state index in [4.69, 9.17) is 0 Å². The molecule has 0 atom stereocenters. The van der Waals surface area contributed by atoms with Gasteiger partial charge in [-0.25, -0.2) is 4.98 Å². The monoisotopic (exact) mass is 261 g/mol. The van der Waals surface area contributed by atoms with E-state index in [0.29, 0.717) is 0 Å². The molecular weight excluding hydrogens is 246 g/mol. The van der Waals surface area contributed by atoms with Crippen molar-refractivity contribution in [3.8, 4) is 0 Å². The van der Waals surface area contributed by atoms with Gasteiger partial charge in [0.05, 0.1) is 5.69 Å². The summed E-state index contributed by atoms with van der Waals surface area (Å²) in [5.74, 6) is 0. The maximum atomic E-state index is 4.36. The predicted octanol–water partition coefficient (Wildman–Crippen LogP) is 4.42. The van der Waals surface area contributed by atoms with E-state index in [1.54, 1.807) is 11.3 Å². The van der Waals surface area contributed by atoms with Crippen molar-refractivity contribution >= 4 is 27.3 Å². The zero-order valence-electron chi connectivity index (χ0n) is 8.05. The Morgan fingerprint density at radius 1 is 1.31 bits per heavy atom. The number of rotatable bonds is 6. The number of hydrogen-bond donors (Lipinski definition) is 0. The SMILES string of the molecule is CCCCCCCc1csc(Br)n1. The smallest absolute Gasteiger partial charge is 0.159 e. The first-order valence-corrected chi connectivity index (χ1v) is 6.60. The third kappa shape index (κ3) is 4.77. The minimum Gasteiger partial charge on any atom is -0.234 e. The standard InChI is InChI=1S/C10H16BrNS/c1-2-3-4-5-6-7-9-8-13-10(11)12-9/h8H,2-7H2,1H3. The van der Waals surface area contributed by atoms with Gasteiger partial charge in [-0.2, -0.15) is 0 Å². The first-order chi connectivity index (χ1) is 6.33. The summed E-state index contributed by atoms with van der Waals surface area (Å²) in [5, 5.41) is 2.14. The summed E-state index contributed by atoms with van der Waals surface area (Å²) >= 11 is 5.05. The van der Waals surface area contributed by atoms with E-state index in [2.05, 4.69) is 33.2 Å². The van der Waals surface area contributed by atoms with Gasteiger partial charge in [-0.15, -0.1) is 11.3 Å². The van der Waals surface area contributed by atoms with Crippen molar-refractivity contribution in [3.63, 3.8) is 0 Å². The van der Waals surface area contributed by atoms with Crippen LogP contribution in [0.4, 0.5) is 0 Å². The van der Waals surface area contributed by atoms with Crippen LogP contribution >= 0.6 is 27.3 Å². The molecule has 1 aromatic heterocycles. The Morgan fingerprint density at radius 3 is 2.69 bits per heavy atom. The summed E-state index contributed by atoms with van der Waals surface area (Å²) in [7, 11) is 0. The molecule has 0 aliphatic rings. The summed E-state index contributed by atoms with van der Waals surface area (Å²) in [6, 6.07) is 0. The third-order valence-corrected chi connectivity index (χ3v) is 3.47. The maximum Gasteiger partial charge on any atom is 0.159 e. The highest BCUT2D eigenvalue weighted by molar-refractivity contribution is 9.11. The highest BCUT2D eigenvalue weighted by Crippen LogP contribution is 2.17. The van der Waals surface area contributed by atoms with E-state index in [0.717, 1.165) is 10.3 Å². The lowest BCUT2D eigenvalue weighted by atomic mass is 10.1. The largest absolute Gasteiger partial charge is 0.234 e. The molecule has 0 aromatic carbocycles. The van der Waals surface area contributed by atoms with E-state index >= 15 is 0 Å². The highest BCUT2D eigenvalue weighted by atomic mass is 79.9. The molecule has 74 valence electrons. The van der Waals surface area contributed by atoms with Gasteiger partial charge in [-0.1, -0.05) is 32.6 Å². The van der Waals surface area contributed by atoms with Crippen molar-refractivity contribution in [2.45, 2.75) is 45.4 Å². The summed E-state index contributed by atoms with van der Waals surface area (Å²) in [4.78, 5) is 4.36. The molecule has 3 heteroatoms. The van der Waals surface area contributed by atoms with Crippen molar-refractivity contribution in [3.05, 3.63) is 15.0 Å². The highest BCUT2D eigenvalue weighted by Gasteiger charge is 1.98. The average molecular weight is 262 g/mol. The van der Waals surface area contributed by atoms with Gasteiger partial charge in [0.15, 0.2) is 3.92 Å². The second kappa shape index (κ2) is 6.55. The Balaban J connectivity index is 2.06. The number of aromatic nitrogens is 1. The minimum absolute atomic E-state index is 1.01. The van der Waals surface area contributed by atoms with E-state index < -0.39 is 0 Å². The van der Waals surface area contributed by atoms with Crippen molar-refractivity contribution < 1.29 is 0 Å². The van der Waals surface area contributed by atoms with Gasteiger partial charge in [0.25, 0.3) is 0 Å². The lowest BCUT2D eigenvalue weighted by molar-refractivity contribution is 0.629. The fourth-order valence-electron chi connectivity index (χ4n) is 1.31. The van der Waals surface area contributed by atoms with Crippen LogP contribution in [-0.4, -0.2) is 4.98 Å². The molecule has 13 heavy (non-hydrogen) atoms. The lowest BCUT2D eigenvalue weighted by Gasteiger charge is -1.97. The molecule has 0 aliphatic heterocycles. The summed E-state index contributed by atoms with van der Waals surface area (Å²) in [6.07, 6.45) is 7.86. The molecule has 1 rings (SSSR count). The molecule has 0 spiro atoms. The fourth-order valence-corrected chi connectivity index (χ4v) is 2.39. The molecule has 0 saturated carbocycles. The van der Waals surface area contributed by atoms with Gasteiger partial charge in [0.2, 0.25) is 0 Å². The minimum atomic E-state index is 1.01. The molecule has 1 heterocycles. The van der Waals surface area contributed by atoms with E-state index in [1.807, 2.05) is 0 Å². The van der Waals surface area contributed by atoms with Crippen LogP contribution in [0.15, 0.2) is 9.30 Å². The number of halogens is 1. The van der Waals surface area contributed by atoms with E-state index in [-0.39, 0.29) is 0 Å². The van der Waals surface area contributed by atoms with Crippen LogP contribution in [0.1, 0.15) is 44.7 Å². The van der Waals surface area contributed by atoms with Gasteiger partial charge in [0, 0.05) is 5.38 Å². The van der Waals surface area contributed by atoms with E-state index in [9.17, 15) is 0 Å². The number of nitrogens with zero attached hydrogens (tertiary/aromatic N) is 1. The number of unbranched alkanes of at least 4 members (excludes halogenated alkanes) is 4. The summed E-state index contributed by atoms with van der Waals surface area (Å²) in [6.45, 7) is 2.25. The molecule has 0 saturated heterocycles. The second-order valence-corrected chi connectivity index (χ2v) is 5.39. The molecule has 0 aliphatic carbocycles. The first-order valence-electron chi connectivity index (χ1n) is 4.93. The molecule has 1 nitrogen and oxygen atoms in total. The number of aryl methyl sites for hydroxylation is 1. The Hall–Kier alpha value is 0.110. The Bertz CT molecular complexity index is 235. The summed E-state index contributed by atoms with van der Waals surface area (Å²) < 4.78 is 1.01. The van der Waals surface area contributed by atoms with Crippen molar-refractivity contribution in [1.82, 2.24) is 4.98 Å². The van der Waals surface area contributed by atoms with Crippen molar-refractivity contribution in [2.75, 3.05) is 0 Å². The average Bonchev–Trinajstić information content (AvgIpc) is 2.51. The van der Waals surface area contributed by atoms with Gasteiger partial charge >= 0.3 is 0 Å². The lowest BCUT2D eigenvalue weighted by Crippen LogP contribution is -1.85. The molecule has 0 amide bonds. The molecule has 0 unspecified atom stereocenters. The van der Waals surface area contributed by atoms with Crippen LogP contribution in [0.5, 0.6) is 0 Å². The van der Waals surface area contributed by atoms with Crippen LogP contribution in [0, 0.1) is 0 Å². The quantitative estimate of drug-likeness (QED) is 0.691. The Morgan fingerprint density at radius 2 is 2.08 bits per heavy atom.